The first kappa shape index (κ1) is 17.7. The second-order valence-corrected chi connectivity index (χ2v) is 5.33. The lowest BCUT2D eigenvalue weighted by atomic mass is 10.2. The molecule has 0 saturated heterocycles. The fraction of sp³-hybridized carbons (Fsp3) is 0.176. The molecule has 0 aromatic heterocycles. The highest BCUT2D eigenvalue weighted by atomic mass is 35.5. The Morgan fingerprint density at radius 2 is 1.96 bits per heavy atom. The Labute approximate surface area is 143 Å². The van der Waals surface area contributed by atoms with Crippen LogP contribution in [0.2, 0.25) is 5.02 Å². The lowest BCUT2D eigenvalue weighted by Gasteiger charge is -2.15. The maximum Gasteiger partial charge on any atom is 0.342 e. The van der Waals surface area contributed by atoms with Crippen LogP contribution in [0, 0.1) is 5.82 Å². The number of carbonyl (C=O) groups is 2. The Hall–Kier alpha value is -2.60. The Morgan fingerprint density at radius 3 is 2.62 bits per heavy atom. The second-order valence-electron chi connectivity index (χ2n) is 4.89. The monoisotopic (exact) mass is 351 g/mol. The average Bonchev–Trinajstić information content (AvgIpc) is 2.54. The molecular formula is C17H15ClFNO4. The molecule has 24 heavy (non-hydrogen) atoms. The summed E-state index contributed by atoms with van der Waals surface area (Å²) in [6, 6.07) is 9.87. The quantitative estimate of drug-likeness (QED) is 0.835. The lowest BCUT2D eigenvalue weighted by Crippen LogP contribution is -2.30. The van der Waals surface area contributed by atoms with E-state index in [0.717, 1.165) is 6.07 Å². The van der Waals surface area contributed by atoms with Crippen LogP contribution in [-0.4, -0.2) is 25.1 Å². The molecule has 0 aliphatic carbocycles. The number of esters is 1. The van der Waals surface area contributed by atoms with Gasteiger partial charge in [-0.15, -0.1) is 0 Å². The van der Waals surface area contributed by atoms with Crippen molar-refractivity contribution in [2.24, 2.45) is 0 Å². The first-order chi connectivity index (χ1) is 11.4. The van der Waals surface area contributed by atoms with Crippen molar-refractivity contribution >= 4 is 29.2 Å². The van der Waals surface area contributed by atoms with Gasteiger partial charge in [-0.05, 0) is 43.3 Å². The summed E-state index contributed by atoms with van der Waals surface area (Å²) in [4.78, 5) is 24.2. The fourth-order valence-electron chi connectivity index (χ4n) is 1.93. The van der Waals surface area contributed by atoms with Gasteiger partial charge in [0.05, 0.1) is 7.11 Å². The van der Waals surface area contributed by atoms with Crippen molar-refractivity contribution in [1.29, 1.82) is 0 Å². The molecule has 2 rings (SSSR count). The minimum absolute atomic E-state index is 0.107. The molecule has 1 atom stereocenters. The first-order valence-corrected chi connectivity index (χ1v) is 7.39. The highest BCUT2D eigenvalue weighted by Crippen LogP contribution is 2.24. The third-order valence-corrected chi connectivity index (χ3v) is 3.36. The summed E-state index contributed by atoms with van der Waals surface area (Å²) >= 11 is 5.86. The number of halogens is 2. The molecule has 0 saturated carbocycles. The van der Waals surface area contributed by atoms with Crippen LogP contribution in [0.3, 0.4) is 0 Å². The van der Waals surface area contributed by atoms with Gasteiger partial charge in [0.1, 0.15) is 17.1 Å². The van der Waals surface area contributed by atoms with Crippen molar-refractivity contribution in [3.63, 3.8) is 0 Å². The molecule has 0 heterocycles. The molecule has 0 bridgehead atoms. The Balaban J connectivity index is 2.06. The van der Waals surface area contributed by atoms with Crippen LogP contribution < -0.4 is 10.1 Å². The summed E-state index contributed by atoms with van der Waals surface area (Å²) in [6.07, 6.45) is -1.09. The number of methoxy groups -OCH3 is 1. The molecule has 0 spiro atoms. The summed E-state index contributed by atoms with van der Waals surface area (Å²) in [6.45, 7) is 1.41. The maximum absolute atomic E-state index is 13.1. The van der Waals surface area contributed by atoms with Gasteiger partial charge in [0.25, 0.3) is 5.91 Å². The van der Waals surface area contributed by atoms with E-state index in [1.54, 1.807) is 6.07 Å². The van der Waals surface area contributed by atoms with Gasteiger partial charge in [-0.2, -0.15) is 0 Å². The predicted molar refractivity (Wildman–Crippen MR) is 87.9 cm³/mol. The van der Waals surface area contributed by atoms with Gasteiger partial charge in [-0.1, -0.05) is 17.7 Å². The van der Waals surface area contributed by atoms with Crippen molar-refractivity contribution in [2.75, 3.05) is 12.4 Å². The van der Waals surface area contributed by atoms with Crippen LogP contribution in [0.5, 0.6) is 5.75 Å². The number of nitrogens with one attached hydrogen (secondary N) is 1. The van der Waals surface area contributed by atoms with Crippen molar-refractivity contribution in [2.45, 2.75) is 13.0 Å². The highest BCUT2D eigenvalue weighted by molar-refractivity contribution is 6.31. The minimum atomic E-state index is -1.09. The van der Waals surface area contributed by atoms with Gasteiger partial charge >= 0.3 is 5.97 Å². The molecule has 126 valence electrons. The number of carbonyl (C=O) groups excluding carboxylic acids is 2. The average molecular weight is 352 g/mol. The minimum Gasteiger partial charge on any atom is -0.496 e. The SMILES string of the molecule is COc1ccc(Cl)cc1C(=O)O[C@H](C)C(=O)Nc1cccc(F)c1. The topological polar surface area (TPSA) is 64.6 Å². The van der Waals surface area contributed by atoms with Gasteiger partial charge in [0, 0.05) is 10.7 Å². The van der Waals surface area contributed by atoms with Crippen LogP contribution in [-0.2, 0) is 9.53 Å². The largest absolute Gasteiger partial charge is 0.496 e. The molecule has 1 N–H and O–H groups in total. The van der Waals surface area contributed by atoms with Crippen molar-refractivity contribution in [1.82, 2.24) is 0 Å². The third-order valence-electron chi connectivity index (χ3n) is 3.13. The zero-order valence-corrected chi connectivity index (χ0v) is 13.8. The van der Waals surface area contributed by atoms with Crippen LogP contribution in [0.25, 0.3) is 0 Å². The molecule has 2 aromatic rings. The smallest absolute Gasteiger partial charge is 0.342 e. The van der Waals surface area contributed by atoms with Gasteiger partial charge in [0.15, 0.2) is 6.10 Å². The molecule has 0 radical (unpaired) electrons. The normalized spacial score (nSPS) is 11.5. The molecule has 0 unspecified atom stereocenters. The Bertz CT molecular complexity index is 766. The third kappa shape index (κ3) is 4.45. The van der Waals surface area contributed by atoms with E-state index in [9.17, 15) is 14.0 Å². The van der Waals surface area contributed by atoms with Crippen molar-refractivity contribution in [3.8, 4) is 5.75 Å². The first-order valence-electron chi connectivity index (χ1n) is 7.01. The summed E-state index contributed by atoms with van der Waals surface area (Å²) in [5, 5.41) is 2.80. The van der Waals surface area contributed by atoms with Crippen molar-refractivity contribution < 1.29 is 23.5 Å². The highest BCUT2D eigenvalue weighted by Gasteiger charge is 2.22. The van der Waals surface area contributed by atoms with E-state index in [-0.39, 0.29) is 17.0 Å². The predicted octanol–water partition coefficient (Wildman–Crippen LogP) is 3.67. The van der Waals surface area contributed by atoms with Gasteiger partial charge in [-0.3, -0.25) is 4.79 Å². The van der Waals surface area contributed by atoms with E-state index in [1.165, 1.54) is 44.4 Å². The van der Waals surface area contributed by atoms with Crippen LogP contribution >= 0.6 is 11.6 Å². The van der Waals surface area contributed by atoms with E-state index >= 15 is 0 Å². The van der Waals surface area contributed by atoms with E-state index in [0.29, 0.717) is 5.02 Å². The van der Waals surface area contributed by atoms with Gasteiger partial charge in [-0.25, -0.2) is 9.18 Å². The summed E-state index contributed by atoms with van der Waals surface area (Å²) in [5.41, 5.74) is 0.374. The van der Waals surface area contributed by atoms with Gasteiger partial charge in [0.2, 0.25) is 0 Å². The number of ether oxygens (including phenoxy) is 2. The zero-order valence-electron chi connectivity index (χ0n) is 13.0. The molecule has 7 heteroatoms. The van der Waals surface area contributed by atoms with Crippen LogP contribution in [0.4, 0.5) is 10.1 Å². The number of rotatable bonds is 5. The molecule has 0 aliphatic heterocycles. The van der Waals surface area contributed by atoms with Crippen molar-refractivity contribution in [3.05, 3.63) is 58.9 Å². The van der Waals surface area contributed by atoms with E-state index in [1.807, 2.05) is 0 Å². The molecule has 2 aromatic carbocycles. The molecule has 5 nitrogen and oxygen atoms in total. The number of hydrogen-bond acceptors (Lipinski definition) is 4. The zero-order chi connectivity index (χ0) is 17.7. The summed E-state index contributed by atoms with van der Waals surface area (Å²) in [5.74, 6) is -1.55. The van der Waals surface area contributed by atoms with Crippen LogP contribution in [0.1, 0.15) is 17.3 Å². The van der Waals surface area contributed by atoms with Crippen LogP contribution in [0.15, 0.2) is 42.5 Å². The van der Waals surface area contributed by atoms with E-state index in [4.69, 9.17) is 21.1 Å². The maximum atomic E-state index is 13.1. The Morgan fingerprint density at radius 1 is 1.21 bits per heavy atom. The number of amides is 1. The number of benzene rings is 2. The second kappa shape index (κ2) is 7.79. The van der Waals surface area contributed by atoms with E-state index < -0.39 is 23.8 Å². The summed E-state index contributed by atoms with van der Waals surface area (Å²) in [7, 11) is 1.40. The summed E-state index contributed by atoms with van der Waals surface area (Å²) < 4.78 is 23.3. The van der Waals surface area contributed by atoms with Gasteiger partial charge < -0.3 is 14.8 Å². The Kier molecular flexibility index (Phi) is 5.76. The standard InChI is InChI=1S/C17H15ClFNO4/c1-10(16(21)20-13-5-3-4-12(19)9-13)24-17(22)14-8-11(18)6-7-15(14)23-2/h3-10H,1-2H3,(H,20,21)/t10-/m1/s1. The fourth-order valence-corrected chi connectivity index (χ4v) is 2.10. The number of anilines is 1. The van der Waals surface area contributed by atoms with E-state index in [2.05, 4.69) is 5.32 Å². The molecule has 1 amide bonds. The lowest BCUT2D eigenvalue weighted by molar-refractivity contribution is -0.123. The molecule has 0 aliphatic rings. The molecular weight excluding hydrogens is 337 g/mol. The molecule has 0 fully saturated rings. The number of hydrogen-bond donors (Lipinski definition) is 1.